The standard InChI is InChI=1S/C17H28N2O/c1-4-5-6-7-17(20)19-12-16(18)15-10-8-14(9-11-15)13(2)3/h8-11,13,16H,4-7,12,18H2,1-3H3,(H,19,20). The zero-order valence-electron chi connectivity index (χ0n) is 13.0. The maximum atomic E-state index is 11.6. The Kier molecular flexibility index (Phi) is 7.31. The van der Waals surface area contributed by atoms with Crippen molar-refractivity contribution in [2.24, 2.45) is 5.73 Å². The number of carbonyl (C=O) groups is 1. The summed E-state index contributed by atoms with van der Waals surface area (Å²) in [6, 6.07) is 8.21. The third-order valence-electron chi connectivity index (χ3n) is 3.56. The highest BCUT2D eigenvalue weighted by molar-refractivity contribution is 5.75. The molecule has 0 aromatic heterocycles. The average molecular weight is 276 g/mol. The molecule has 1 rings (SSSR count). The molecule has 0 aliphatic heterocycles. The third kappa shape index (κ3) is 5.74. The minimum atomic E-state index is -0.133. The van der Waals surface area contributed by atoms with Crippen LogP contribution in [0.1, 0.15) is 69.5 Å². The number of benzene rings is 1. The fraction of sp³-hybridized carbons (Fsp3) is 0.588. The van der Waals surface area contributed by atoms with E-state index in [1.54, 1.807) is 0 Å². The number of nitrogens with one attached hydrogen (secondary N) is 1. The molecule has 1 amide bonds. The van der Waals surface area contributed by atoms with E-state index >= 15 is 0 Å². The van der Waals surface area contributed by atoms with Gasteiger partial charge in [-0.3, -0.25) is 4.79 Å². The first-order chi connectivity index (χ1) is 9.54. The summed E-state index contributed by atoms with van der Waals surface area (Å²) < 4.78 is 0. The summed E-state index contributed by atoms with van der Waals surface area (Å²) in [6.07, 6.45) is 3.80. The van der Waals surface area contributed by atoms with E-state index in [1.165, 1.54) is 5.56 Å². The molecule has 0 aliphatic carbocycles. The second-order valence-electron chi connectivity index (χ2n) is 5.69. The minimum Gasteiger partial charge on any atom is -0.354 e. The summed E-state index contributed by atoms with van der Waals surface area (Å²) in [7, 11) is 0. The van der Waals surface area contributed by atoms with E-state index in [2.05, 4.69) is 50.4 Å². The first-order valence-electron chi connectivity index (χ1n) is 7.66. The minimum absolute atomic E-state index is 0.104. The lowest BCUT2D eigenvalue weighted by Gasteiger charge is -2.14. The Labute approximate surface area is 122 Å². The third-order valence-corrected chi connectivity index (χ3v) is 3.56. The van der Waals surface area contributed by atoms with Crippen molar-refractivity contribution in [1.82, 2.24) is 5.32 Å². The molecule has 112 valence electrons. The van der Waals surface area contributed by atoms with Crippen molar-refractivity contribution in [2.75, 3.05) is 6.54 Å². The van der Waals surface area contributed by atoms with Gasteiger partial charge in [-0.1, -0.05) is 57.9 Å². The number of rotatable bonds is 8. The summed E-state index contributed by atoms with van der Waals surface area (Å²) in [4.78, 5) is 11.6. The van der Waals surface area contributed by atoms with Crippen LogP contribution in [0.4, 0.5) is 0 Å². The zero-order valence-corrected chi connectivity index (χ0v) is 13.0. The van der Waals surface area contributed by atoms with Gasteiger partial charge in [-0.25, -0.2) is 0 Å². The van der Waals surface area contributed by atoms with E-state index in [4.69, 9.17) is 5.73 Å². The molecular formula is C17H28N2O. The molecule has 1 unspecified atom stereocenters. The van der Waals surface area contributed by atoms with Crippen LogP contribution < -0.4 is 11.1 Å². The molecule has 1 aromatic carbocycles. The Morgan fingerprint density at radius 2 is 1.75 bits per heavy atom. The van der Waals surface area contributed by atoms with Crippen LogP contribution in [0.25, 0.3) is 0 Å². The van der Waals surface area contributed by atoms with Gasteiger partial charge in [0.25, 0.3) is 0 Å². The Bertz CT molecular complexity index is 398. The maximum Gasteiger partial charge on any atom is 0.220 e. The van der Waals surface area contributed by atoms with Crippen molar-refractivity contribution in [1.29, 1.82) is 0 Å². The van der Waals surface area contributed by atoms with Gasteiger partial charge in [0.1, 0.15) is 0 Å². The second kappa shape index (κ2) is 8.75. The maximum absolute atomic E-state index is 11.6. The molecular weight excluding hydrogens is 248 g/mol. The van der Waals surface area contributed by atoms with Crippen LogP contribution in [0.15, 0.2) is 24.3 Å². The van der Waals surface area contributed by atoms with Crippen molar-refractivity contribution < 1.29 is 4.79 Å². The summed E-state index contributed by atoms with van der Waals surface area (Å²) in [5.74, 6) is 0.631. The smallest absolute Gasteiger partial charge is 0.220 e. The van der Waals surface area contributed by atoms with Crippen molar-refractivity contribution in [3.8, 4) is 0 Å². The highest BCUT2D eigenvalue weighted by atomic mass is 16.1. The topological polar surface area (TPSA) is 55.1 Å². The van der Waals surface area contributed by atoms with Gasteiger partial charge in [0.05, 0.1) is 0 Å². The highest BCUT2D eigenvalue weighted by Gasteiger charge is 2.08. The number of unbranched alkanes of at least 4 members (excludes halogenated alkanes) is 2. The van der Waals surface area contributed by atoms with Gasteiger partial charge >= 0.3 is 0 Å². The van der Waals surface area contributed by atoms with E-state index in [0.29, 0.717) is 18.9 Å². The van der Waals surface area contributed by atoms with Gasteiger partial charge in [-0.05, 0) is 23.5 Å². The van der Waals surface area contributed by atoms with Crippen LogP contribution in [0.2, 0.25) is 0 Å². The highest BCUT2D eigenvalue weighted by Crippen LogP contribution is 2.17. The molecule has 1 aromatic rings. The Balaban J connectivity index is 2.38. The van der Waals surface area contributed by atoms with E-state index < -0.39 is 0 Å². The second-order valence-corrected chi connectivity index (χ2v) is 5.69. The Hall–Kier alpha value is -1.35. The number of hydrogen-bond donors (Lipinski definition) is 2. The number of carbonyl (C=O) groups excluding carboxylic acids is 1. The molecule has 0 saturated carbocycles. The molecule has 0 bridgehead atoms. The molecule has 1 atom stereocenters. The molecule has 0 heterocycles. The molecule has 0 fully saturated rings. The summed E-state index contributed by atoms with van der Waals surface area (Å²) in [5.41, 5.74) is 8.49. The fourth-order valence-electron chi connectivity index (χ4n) is 2.09. The predicted molar refractivity (Wildman–Crippen MR) is 84.6 cm³/mol. The van der Waals surface area contributed by atoms with E-state index in [-0.39, 0.29) is 11.9 Å². The molecule has 3 N–H and O–H groups in total. The van der Waals surface area contributed by atoms with Crippen LogP contribution in [-0.4, -0.2) is 12.5 Å². The quantitative estimate of drug-likeness (QED) is 0.714. The Morgan fingerprint density at radius 3 is 2.30 bits per heavy atom. The summed E-state index contributed by atoms with van der Waals surface area (Å²) in [5, 5.41) is 2.91. The van der Waals surface area contributed by atoms with Crippen molar-refractivity contribution in [3.05, 3.63) is 35.4 Å². The molecule has 0 aliphatic rings. The molecule has 0 radical (unpaired) electrons. The number of nitrogens with two attached hydrogens (primary N) is 1. The SMILES string of the molecule is CCCCCC(=O)NCC(N)c1ccc(C(C)C)cc1. The van der Waals surface area contributed by atoms with Crippen molar-refractivity contribution >= 4 is 5.91 Å². The van der Waals surface area contributed by atoms with Gasteiger partial charge < -0.3 is 11.1 Å². The van der Waals surface area contributed by atoms with Gasteiger partial charge in [0.2, 0.25) is 5.91 Å². The number of hydrogen-bond acceptors (Lipinski definition) is 2. The molecule has 3 nitrogen and oxygen atoms in total. The lowest BCUT2D eigenvalue weighted by atomic mass is 9.99. The van der Waals surface area contributed by atoms with Crippen LogP contribution >= 0.6 is 0 Å². The lowest BCUT2D eigenvalue weighted by Crippen LogP contribution is -2.31. The number of amides is 1. The predicted octanol–water partition coefficient (Wildman–Crippen LogP) is 3.51. The average Bonchev–Trinajstić information content (AvgIpc) is 2.45. The molecule has 20 heavy (non-hydrogen) atoms. The van der Waals surface area contributed by atoms with Crippen LogP contribution in [0, 0.1) is 0 Å². The largest absolute Gasteiger partial charge is 0.354 e. The first-order valence-corrected chi connectivity index (χ1v) is 7.66. The van der Waals surface area contributed by atoms with Crippen LogP contribution in [0.3, 0.4) is 0 Å². The van der Waals surface area contributed by atoms with E-state index in [0.717, 1.165) is 24.8 Å². The monoisotopic (exact) mass is 276 g/mol. The van der Waals surface area contributed by atoms with Crippen molar-refractivity contribution in [3.63, 3.8) is 0 Å². The molecule has 0 saturated heterocycles. The molecule has 0 spiro atoms. The Morgan fingerprint density at radius 1 is 1.15 bits per heavy atom. The van der Waals surface area contributed by atoms with Crippen LogP contribution in [0.5, 0.6) is 0 Å². The molecule has 3 heteroatoms. The van der Waals surface area contributed by atoms with Gasteiger partial charge in [0.15, 0.2) is 0 Å². The lowest BCUT2D eigenvalue weighted by molar-refractivity contribution is -0.121. The van der Waals surface area contributed by atoms with Gasteiger partial charge in [-0.15, -0.1) is 0 Å². The van der Waals surface area contributed by atoms with E-state index in [1.807, 2.05) is 0 Å². The zero-order chi connectivity index (χ0) is 15.0. The normalized spacial score (nSPS) is 12.4. The van der Waals surface area contributed by atoms with Gasteiger partial charge in [-0.2, -0.15) is 0 Å². The summed E-state index contributed by atoms with van der Waals surface area (Å²) >= 11 is 0. The summed E-state index contributed by atoms with van der Waals surface area (Å²) in [6.45, 7) is 6.98. The van der Waals surface area contributed by atoms with Crippen molar-refractivity contribution in [2.45, 2.75) is 58.4 Å². The van der Waals surface area contributed by atoms with E-state index in [9.17, 15) is 4.79 Å². The fourth-order valence-corrected chi connectivity index (χ4v) is 2.09. The van der Waals surface area contributed by atoms with Crippen LogP contribution in [-0.2, 0) is 4.79 Å². The first kappa shape index (κ1) is 16.7. The van der Waals surface area contributed by atoms with Gasteiger partial charge in [0, 0.05) is 19.0 Å².